The number of aromatic amines is 1. The van der Waals surface area contributed by atoms with Crippen LogP contribution < -0.4 is 0 Å². The van der Waals surface area contributed by atoms with E-state index in [0.29, 0.717) is 39.6 Å². The van der Waals surface area contributed by atoms with Gasteiger partial charge in [0, 0.05) is 35.2 Å². The average molecular weight is 422 g/mol. The first-order valence-corrected chi connectivity index (χ1v) is 10.1. The largest absolute Gasteiger partial charge is 0.361 e. The van der Waals surface area contributed by atoms with Crippen LogP contribution >= 0.6 is 34.8 Å². The molecule has 0 unspecified atom stereocenters. The van der Waals surface area contributed by atoms with Crippen molar-refractivity contribution in [1.82, 2.24) is 9.88 Å². The highest BCUT2D eigenvalue weighted by atomic mass is 35.5. The normalized spacial score (nSPS) is 15.5. The second-order valence-corrected chi connectivity index (χ2v) is 8.30. The van der Waals surface area contributed by atoms with Crippen LogP contribution in [0.25, 0.3) is 10.9 Å². The Morgan fingerprint density at radius 1 is 1.11 bits per heavy atom. The Bertz CT molecular complexity index is 996. The van der Waals surface area contributed by atoms with Gasteiger partial charge in [-0.15, -0.1) is 0 Å². The number of halogens is 3. The molecule has 0 radical (unpaired) electrons. The number of aryl methyl sites for hydroxylation is 1. The molecule has 0 aliphatic carbocycles. The summed E-state index contributed by atoms with van der Waals surface area (Å²) in [4.78, 5) is 18.1. The molecule has 140 valence electrons. The molecular weight excluding hydrogens is 403 g/mol. The number of nitrogens with zero attached hydrogens (tertiary/aromatic N) is 1. The number of para-hydroxylation sites is 1. The van der Waals surface area contributed by atoms with E-state index < -0.39 is 0 Å². The fourth-order valence-electron chi connectivity index (χ4n) is 3.96. The van der Waals surface area contributed by atoms with Crippen LogP contribution in [0.3, 0.4) is 0 Å². The van der Waals surface area contributed by atoms with Crippen LogP contribution in [0.2, 0.25) is 15.1 Å². The summed E-state index contributed by atoms with van der Waals surface area (Å²) in [5.41, 5.74) is 4.12. The first-order chi connectivity index (χ1) is 13.0. The lowest BCUT2D eigenvalue weighted by atomic mass is 9.88. The zero-order valence-corrected chi connectivity index (χ0v) is 17.1. The Morgan fingerprint density at radius 2 is 1.78 bits per heavy atom. The van der Waals surface area contributed by atoms with E-state index in [4.69, 9.17) is 34.8 Å². The third-order valence-electron chi connectivity index (χ3n) is 5.40. The number of amides is 1. The summed E-state index contributed by atoms with van der Waals surface area (Å²) in [5.74, 6) is 0.302. The Morgan fingerprint density at radius 3 is 2.44 bits per heavy atom. The summed E-state index contributed by atoms with van der Waals surface area (Å²) in [7, 11) is 0. The molecule has 1 saturated heterocycles. The SMILES string of the molecule is Cc1cccc2c(C3CCN(C(=O)c4c(Cl)cc(Cl)cc4Cl)CC3)c[nH]c12. The van der Waals surface area contributed by atoms with Crippen molar-refractivity contribution >= 4 is 51.6 Å². The van der Waals surface area contributed by atoms with Crippen LogP contribution in [0, 0.1) is 6.92 Å². The van der Waals surface area contributed by atoms with E-state index >= 15 is 0 Å². The second kappa shape index (κ2) is 7.38. The lowest BCUT2D eigenvalue weighted by Gasteiger charge is -2.32. The number of H-pyrrole nitrogens is 1. The first kappa shape index (κ1) is 18.7. The second-order valence-electron chi connectivity index (χ2n) is 7.05. The molecule has 1 amide bonds. The van der Waals surface area contributed by atoms with Crippen LogP contribution in [-0.2, 0) is 0 Å². The summed E-state index contributed by atoms with van der Waals surface area (Å²) < 4.78 is 0. The first-order valence-electron chi connectivity index (χ1n) is 8.96. The van der Waals surface area contributed by atoms with Gasteiger partial charge in [0.1, 0.15) is 0 Å². The maximum Gasteiger partial charge on any atom is 0.256 e. The molecule has 1 aliphatic rings. The summed E-state index contributed by atoms with van der Waals surface area (Å²) in [6.07, 6.45) is 3.94. The van der Waals surface area contributed by atoms with E-state index in [9.17, 15) is 4.79 Å². The fourth-order valence-corrected chi connectivity index (χ4v) is 4.94. The highest BCUT2D eigenvalue weighted by Crippen LogP contribution is 2.36. The van der Waals surface area contributed by atoms with Crippen molar-refractivity contribution in [3.8, 4) is 0 Å². The van der Waals surface area contributed by atoms with Crippen molar-refractivity contribution in [3.63, 3.8) is 0 Å². The molecule has 0 saturated carbocycles. The Hall–Kier alpha value is -1.68. The molecule has 27 heavy (non-hydrogen) atoms. The van der Waals surface area contributed by atoms with Gasteiger partial charge in [-0.1, -0.05) is 53.0 Å². The van der Waals surface area contributed by atoms with Gasteiger partial charge in [-0.25, -0.2) is 0 Å². The van der Waals surface area contributed by atoms with Crippen LogP contribution in [0.15, 0.2) is 36.5 Å². The Labute approximate surface area is 173 Å². The standard InChI is InChI=1S/C21H19Cl3N2O/c1-12-3-2-4-15-16(11-25-20(12)15)13-5-7-26(8-6-13)21(27)19-17(23)9-14(22)10-18(19)24/h2-4,9-11,13,25H,5-8H2,1H3. The van der Waals surface area contributed by atoms with Gasteiger partial charge < -0.3 is 9.88 Å². The maximum absolute atomic E-state index is 12.9. The van der Waals surface area contributed by atoms with Crippen molar-refractivity contribution in [2.24, 2.45) is 0 Å². The summed E-state index contributed by atoms with van der Waals surface area (Å²) >= 11 is 18.4. The molecule has 0 bridgehead atoms. The monoisotopic (exact) mass is 420 g/mol. The highest BCUT2D eigenvalue weighted by molar-refractivity contribution is 6.42. The zero-order valence-electron chi connectivity index (χ0n) is 14.9. The number of likely N-dealkylation sites (tertiary alicyclic amines) is 1. The number of piperidine rings is 1. The fraction of sp³-hybridized carbons (Fsp3) is 0.286. The molecule has 3 nitrogen and oxygen atoms in total. The zero-order chi connectivity index (χ0) is 19.1. The molecule has 0 atom stereocenters. The van der Waals surface area contributed by atoms with Gasteiger partial charge in [-0.05, 0) is 48.9 Å². The number of nitrogens with one attached hydrogen (secondary N) is 1. The summed E-state index contributed by atoms with van der Waals surface area (Å²) in [5, 5.41) is 2.30. The highest BCUT2D eigenvalue weighted by Gasteiger charge is 2.28. The van der Waals surface area contributed by atoms with Crippen LogP contribution in [0.4, 0.5) is 0 Å². The number of carbonyl (C=O) groups excluding carboxylic acids is 1. The molecule has 1 aliphatic heterocycles. The van der Waals surface area contributed by atoms with E-state index in [1.54, 1.807) is 12.1 Å². The third-order valence-corrected chi connectivity index (χ3v) is 6.21. The summed E-state index contributed by atoms with van der Waals surface area (Å²) in [6, 6.07) is 9.49. The minimum Gasteiger partial charge on any atom is -0.361 e. The number of carbonyl (C=O) groups is 1. The minimum atomic E-state index is -0.130. The van der Waals surface area contributed by atoms with Gasteiger partial charge >= 0.3 is 0 Å². The van der Waals surface area contributed by atoms with E-state index in [0.717, 1.165) is 12.8 Å². The number of fused-ring (bicyclic) bond motifs is 1. The number of hydrogen-bond acceptors (Lipinski definition) is 1. The lowest BCUT2D eigenvalue weighted by molar-refractivity contribution is 0.0713. The molecule has 1 N–H and O–H groups in total. The third kappa shape index (κ3) is 3.44. The smallest absolute Gasteiger partial charge is 0.256 e. The minimum absolute atomic E-state index is 0.130. The Kier molecular flexibility index (Phi) is 5.11. The maximum atomic E-state index is 12.9. The van der Waals surface area contributed by atoms with E-state index in [-0.39, 0.29) is 5.91 Å². The number of benzene rings is 2. The lowest BCUT2D eigenvalue weighted by Crippen LogP contribution is -2.38. The quantitative estimate of drug-likeness (QED) is 0.506. The molecule has 1 fully saturated rings. The van der Waals surface area contributed by atoms with Gasteiger partial charge in [0.25, 0.3) is 5.91 Å². The van der Waals surface area contributed by atoms with Gasteiger partial charge in [0.05, 0.1) is 15.6 Å². The molecular formula is C21H19Cl3N2O. The molecule has 2 aromatic carbocycles. The summed E-state index contributed by atoms with van der Waals surface area (Å²) in [6.45, 7) is 3.47. The Balaban J connectivity index is 1.52. The van der Waals surface area contributed by atoms with Crippen LogP contribution in [-0.4, -0.2) is 28.9 Å². The van der Waals surface area contributed by atoms with Crippen molar-refractivity contribution < 1.29 is 4.79 Å². The van der Waals surface area contributed by atoms with Crippen molar-refractivity contribution in [2.75, 3.05) is 13.1 Å². The van der Waals surface area contributed by atoms with Crippen molar-refractivity contribution in [1.29, 1.82) is 0 Å². The number of rotatable bonds is 2. The van der Waals surface area contributed by atoms with Gasteiger partial charge in [-0.2, -0.15) is 0 Å². The van der Waals surface area contributed by atoms with Crippen LogP contribution in [0.5, 0.6) is 0 Å². The van der Waals surface area contributed by atoms with Crippen molar-refractivity contribution in [3.05, 3.63) is 68.3 Å². The molecule has 4 rings (SSSR count). The molecule has 3 aromatic rings. The van der Waals surface area contributed by atoms with Crippen molar-refractivity contribution in [2.45, 2.75) is 25.7 Å². The van der Waals surface area contributed by atoms with E-state index in [1.807, 2.05) is 4.90 Å². The number of aromatic nitrogens is 1. The average Bonchev–Trinajstić information content (AvgIpc) is 3.06. The van der Waals surface area contributed by atoms with E-state index in [1.165, 1.54) is 22.0 Å². The number of hydrogen-bond donors (Lipinski definition) is 1. The van der Waals surface area contributed by atoms with E-state index in [2.05, 4.69) is 36.3 Å². The predicted octanol–water partition coefficient (Wildman–Crippen LogP) is 6.46. The molecule has 2 heterocycles. The molecule has 6 heteroatoms. The predicted molar refractivity (Wildman–Crippen MR) is 112 cm³/mol. The van der Waals surface area contributed by atoms with Crippen LogP contribution in [0.1, 0.15) is 40.2 Å². The topological polar surface area (TPSA) is 36.1 Å². The molecule has 1 aromatic heterocycles. The molecule has 0 spiro atoms. The van der Waals surface area contributed by atoms with Gasteiger partial charge in [-0.3, -0.25) is 4.79 Å². The van der Waals surface area contributed by atoms with Gasteiger partial charge in [0.2, 0.25) is 0 Å². The van der Waals surface area contributed by atoms with Gasteiger partial charge in [0.15, 0.2) is 0 Å².